The molecule has 1 aliphatic carbocycles. The number of ketones is 2. The number of nitrogens with two attached hydrogens (primary N) is 1. The lowest BCUT2D eigenvalue weighted by molar-refractivity contribution is 0.0911. The molecule has 186 valence electrons. The molecule has 0 amide bonds. The monoisotopic (exact) mass is 555 g/mol. The molecule has 2 aromatic heterocycles. The summed E-state index contributed by atoms with van der Waals surface area (Å²) in [6.07, 6.45) is 0. The molecule has 0 saturated heterocycles. The van der Waals surface area contributed by atoms with Crippen LogP contribution < -0.4 is 19.9 Å². The maximum Gasteiger partial charge on any atom is 0.231 e. The molecule has 3 N–H and O–H groups in total. The fourth-order valence-corrected chi connectivity index (χ4v) is 4.61. The molecule has 0 atom stereocenters. The number of aromatic nitrogens is 2. The Bertz CT molecular complexity index is 1470. The Labute approximate surface area is 214 Å². The second-order valence-electron chi connectivity index (χ2n) is 7.68. The minimum absolute atomic E-state index is 0.0227. The van der Waals surface area contributed by atoms with Crippen molar-refractivity contribution in [2.45, 2.75) is 6.92 Å². The van der Waals surface area contributed by atoms with E-state index in [1.165, 1.54) is 40.6 Å². The third kappa shape index (κ3) is 3.72. The number of rotatable bonds is 6. The molecule has 0 spiro atoms. The number of fused-ring (bicyclic) bond motifs is 1. The number of allylic oxidation sites excluding steroid dienone is 2. The van der Waals surface area contributed by atoms with E-state index in [1.54, 1.807) is 19.1 Å². The Morgan fingerprint density at radius 2 is 1.56 bits per heavy atom. The number of carbonyl (C=O) groups excluding carboxylic acids is 2. The number of halogens is 1. The van der Waals surface area contributed by atoms with Crippen LogP contribution in [0.3, 0.4) is 0 Å². The highest BCUT2D eigenvalue weighted by Gasteiger charge is 2.34. The van der Waals surface area contributed by atoms with E-state index >= 15 is 0 Å². The van der Waals surface area contributed by atoms with Gasteiger partial charge in [0.05, 0.1) is 45.4 Å². The Hall–Kier alpha value is -4.12. The van der Waals surface area contributed by atoms with Gasteiger partial charge in [0, 0.05) is 16.7 Å². The molecule has 36 heavy (non-hydrogen) atoms. The highest BCUT2D eigenvalue weighted by Crippen LogP contribution is 2.48. The summed E-state index contributed by atoms with van der Waals surface area (Å²) in [4.78, 5) is 34.6. The van der Waals surface area contributed by atoms with Crippen LogP contribution >= 0.6 is 15.9 Å². The van der Waals surface area contributed by atoms with E-state index < -0.39 is 11.6 Å². The predicted octanol–water partition coefficient (Wildman–Crippen LogP) is 4.06. The molecular formula is C25H22BrN3O7. The number of hydrogen-bond acceptors (Lipinski definition) is 10. The van der Waals surface area contributed by atoms with Gasteiger partial charge in [-0.1, -0.05) is 0 Å². The number of methoxy groups -OCH3 is 4. The first-order valence-corrected chi connectivity index (χ1v) is 11.3. The molecule has 1 aromatic carbocycles. The molecule has 4 rings (SSSR count). The number of aromatic hydroxyl groups is 1. The molecular weight excluding hydrogens is 534 g/mol. The highest BCUT2D eigenvalue weighted by atomic mass is 79.9. The molecule has 0 unspecified atom stereocenters. The molecule has 0 fully saturated rings. The van der Waals surface area contributed by atoms with Gasteiger partial charge < -0.3 is 29.8 Å². The van der Waals surface area contributed by atoms with Gasteiger partial charge in [-0.3, -0.25) is 9.59 Å². The number of carbonyl (C=O) groups is 2. The number of pyridine rings is 2. The summed E-state index contributed by atoms with van der Waals surface area (Å²) >= 11 is 3.13. The summed E-state index contributed by atoms with van der Waals surface area (Å²) in [5.41, 5.74) is 8.54. The SMILES string of the molecule is COC1=C(Br)C(=O)c2nc(-c3nc(OC)c(C)c(-c4ccc(OC)c(OC)c4O)c3N)ccc2C1=O. The summed E-state index contributed by atoms with van der Waals surface area (Å²) in [5, 5.41) is 11.0. The van der Waals surface area contributed by atoms with Crippen molar-refractivity contribution in [2.75, 3.05) is 34.2 Å². The van der Waals surface area contributed by atoms with Gasteiger partial charge in [0.2, 0.25) is 23.2 Å². The van der Waals surface area contributed by atoms with Crippen LogP contribution in [0.25, 0.3) is 22.5 Å². The smallest absolute Gasteiger partial charge is 0.231 e. The third-order valence-electron chi connectivity index (χ3n) is 5.82. The van der Waals surface area contributed by atoms with E-state index in [4.69, 9.17) is 24.7 Å². The van der Waals surface area contributed by atoms with Gasteiger partial charge in [-0.25, -0.2) is 9.97 Å². The molecule has 2 heterocycles. The van der Waals surface area contributed by atoms with Crippen LogP contribution in [-0.2, 0) is 4.74 Å². The van der Waals surface area contributed by atoms with Crippen molar-refractivity contribution in [1.82, 2.24) is 9.97 Å². The topological polar surface area (TPSA) is 143 Å². The zero-order valence-electron chi connectivity index (χ0n) is 20.1. The van der Waals surface area contributed by atoms with Crippen molar-refractivity contribution in [3.05, 3.63) is 51.3 Å². The van der Waals surface area contributed by atoms with Gasteiger partial charge >= 0.3 is 0 Å². The number of anilines is 1. The summed E-state index contributed by atoms with van der Waals surface area (Å²) < 4.78 is 21.1. The lowest BCUT2D eigenvalue weighted by atomic mass is 9.95. The second kappa shape index (κ2) is 9.50. The van der Waals surface area contributed by atoms with Crippen LogP contribution in [0.1, 0.15) is 26.4 Å². The number of ether oxygens (including phenoxy) is 4. The fourth-order valence-electron chi connectivity index (χ4n) is 4.09. The summed E-state index contributed by atoms with van der Waals surface area (Å²) in [6.45, 7) is 1.74. The average Bonchev–Trinajstić information content (AvgIpc) is 2.88. The first-order valence-electron chi connectivity index (χ1n) is 10.5. The standard InChI is InChI=1S/C25H22BrN3O7/c1-10-15(11-7-9-14(33-2)23(34-3)20(11)30)17(27)19(29-25(10)36-5)13-8-6-12-18(28-13)22(32)16(26)24(35-4)21(12)31/h6-9,30H,27H2,1-5H3. The van der Waals surface area contributed by atoms with Gasteiger partial charge in [-0.15, -0.1) is 0 Å². The van der Waals surface area contributed by atoms with Crippen LogP contribution in [0, 0.1) is 6.92 Å². The van der Waals surface area contributed by atoms with Gasteiger partial charge in [0.25, 0.3) is 0 Å². The van der Waals surface area contributed by atoms with E-state index in [2.05, 4.69) is 25.9 Å². The number of nitrogen functional groups attached to an aromatic ring is 1. The molecule has 0 radical (unpaired) electrons. The van der Waals surface area contributed by atoms with Gasteiger partial charge in [0.1, 0.15) is 15.9 Å². The Morgan fingerprint density at radius 1 is 0.861 bits per heavy atom. The molecule has 0 bridgehead atoms. The Balaban J connectivity index is 1.97. The summed E-state index contributed by atoms with van der Waals surface area (Å²) in [6, 6.07) is 6.27. The van der Waals surface area contributed by atoms with E-state index in [0.717, 1.165) is 0 Å². The first kappa shape index (κ1) is 25.0. The maximum atomic E-state index is 12.9. The lowest BCUT2D eigenvalue weighted by Gasteiger charge is -2.20. The van der Waals surface area contributed by atoms with Gasteiger partial charge in [-0.2, -0.15) is 0 Å². The predicted molar refractivity (Wildman–Crippen MR) is 135 cm³/mol. The number of hydrogen-bond donors (Lipinski definition) is 2. The number of phenolic OH excluding ortho intramolecular Hbond substituents is 1. The van der Waals surface area contributed by atoms with Crippen molar-refractivity contribution < 1.29 is 33.6 Å². The van der Waals surface area contributed by atoms with Crippen LogP contribution in [-0.4, -0.2) is 55.1 Å². The quantitative estimate of drug-likeness (QED) is 0.456. The molecule has 0 saturated carbocycles. The zero-order chi connectivity index (χ0) is 26.3. The van der Waals surface area contributed by atoms with Crippen molar-refractivity contribution in [2.24, 2.45) is 0 Å². The molecule has 11 heteroatoms. The number of Topliss-reactive ketones (excluding diaryl/α,β-unsaturated/α-hetero) is 2. The van der Waals surface area contributed by atoms with Gasteiger partial charge in [-0.05, 0) is 47.1 Å². The van der Waals surface area contributed by atoms with E-state index in [0.29, 0.717) is 22.4 Å². The zero-order valence-corrected chi connectivity index (χ0v) is 21.6. The average molecular weight is 556 g/mol. The third-order valence-corrected chi connectivity index (χ3v) is 6.54. The van der Waals surface area contributed by atoms with Gasteiger partial charge in [0.15, 0.2) is 17.3 Å². The van der Waals surface area contributed by atoms with E-state index in [-0.39, 0.29) is 56.0 Å². The number of benzene rings is 1. The molecule has 1 aliphatic rings. The van der Waals surface area contributed by atoms with Crippen LogP contribution in [0.15, 0.2) is 34.5 Å². The van der Waals surface area contributed by atoms with Crippen LogP contribution in [0.5, 0.6) is 23.1 Å². The Morgan fingerprint density at radius 3 is 2.17 bits per heavy atom. The Kier molecular flexibility index (Phi) is 6.59. The summed E-state index contributed by atoms with van der Waals surface area (Å²) in [7, 11) is 5.63. The first-order chi connectivity index (χ1) is 17.2. The maximum absolute atomic E-state index is 12.9. The molecule has 0 aliphatic heterocycles. The van der Waals surface area contributed by atoms with Crippen molar-refractivity contribution >= 4 is 33.2 Å². The van der Waals surface area contributed by atoms with Crippen molar-refractivity contribution in [1.29, 1.82) is 0 Å². The molecule has 10 nitrogen and oxygen atoms in total. The summed E-state index contributed by atoms with van der Waals surface area (Å²) in [5.74, 6) is -0.574. The van der Waals surface area contributed by atoms with Crippen molar-refractivity contribution in [3.8, 4) is 45.6 Å². The number of nitrogens with zero attached hydrogens (tertiary/aromatic N) is 2. The van der Waals surface area contributed by atoms with Crippen molar-refractivity contribution in [3.63, 3.8) is 0 Å². The normalized spacial score (nSPS) is 12.9. The van der Waals surface area contributed by atoms with E-state index in [9.17, 15) is 14.7 Å². The number of phenols is 1. The van der Waals surface area contributed by atoms with Crippen LogP contribution in [0.4, 0.5) is 5.69 Å². The minimum atomic E-state index is -0.515. The minimum Gasteiger partial charge on any atom is -0.504 e. The largest absolute Gasteiger partial charge is 0.504 e. The van der Waals surface area contributed by atoms with E-state index in [1.807, 2.05) is 0 Å². The highest BCUT2D eigenvalue weighted by molar-refractivity contribution is 9.12. The second-order valence-corrected chi connectivity index (χ2v) is 8.47. The molecule has 3 aromatic rings. The lowest BCUT2D eigenvalue weighted by Crippen LogP contribution is -2.22. The fraction of sp³-hybridized carbons (Fsp3) is 0.200. The van der Waals surface area contributed by atoms with Crippen LogP contribution in [0.2, 0.25) is 0 Å².